The number of hydrogen-bond acceptors (Lipinski definition) is 4. The molecular formula is C5H9NO2S2. The van der Waals surface area contributed by atoms with Crippen molar-refractivity contribution in [1.29, 1.82) is 0 Å². The van der Waals surface area contributed by atoms with Gasteiger partial charge in [-0.15, -0.1) is 23.5 Å². The minimum atomic E-state index is -0.888. The maximum Gasteiger partial charge on any atom is 0.325 e. The normalized spacial score (nSPS) is 9.00. The van der Waals surface area contributed by atoms with Gasteiger partial charge in [-0.3, -0.25) is 9.79 Å². The quantitative estimate of drug-likeness (QED) is 0.510. The van der Waals surface area contributed by atoms with Crippen molar-refractivity contribution in [3.8, 4) is 0 Å². The molecule has 0 rings (SSSR count). The third-order valence-electron chi connectivity index (χ3n) is 0.693. The number of rotatable bonds is 2. The van der Waals surface area contributed by atoms with Crippen LogP contribution in [0, 0.1) is 0 Å². The van der Waals surface area contributed by atoms with E-state index < -0.39 is 5.97 Å². The molecule has 0 saturated carbocycles. The van der Waals surface area contributed by atoms with Crippen molar-refractivity contribution in [2.24, 2.45) is 4.99 Å². The van der Waals surface area contributed by atoms with E-state index >= 15 is 0 Å². The Hall–Kier alpha value is -0.160. The summed E-state index contributed by atoms with van der Waals surface area (Å²) in [5.74, 6) is -0.888. The lowest BCUT2D eigenvalue weighted by Gasteiger charge is -1.94. The number of carbonyl (C=O) groups is 1. The van der Waals surface area contributed by atoms with E-state index in [-0.39, 0.29) is 6.54 Å². The molecule has 0 spiro atoms. The van der Waals surface area contributed by atoms with Gasteiger partial charge in [-0.25, -0.2) is 0 Å². The average molecular weight is 179 g/mol. The third-order valence-corrected chi connectivity index (χ3v) is 2.65. The molecule has 0 amide bonds. The van der Waals surface area contributed by atoms with E-state index in [1.165, 1.54) is 23.5 Å². The van der Waals surface area contributed by atoms with Gasteiger partial charge >= 0.3 is 5.97 Å². The molecule has 1 N–H and O–H groups in total. The van der Waals surface area contributed by atoms with E-state index in [0.29, 0.717) is 0 Å². The molecule has 0 aliphatic rings. The lowest BCUT2D eigenvalue weighted by Crippen LogP contribution is -2.00. The number of aliphatic imine (C=N–C) groups is 1. The van der Waals surface area contributed by atoms with Crippen LogP contribution in [0.1, 0.15) is 0 Å². The molecule has 0 aromatic heterocycles. The van der Waals surface area contributed by atoms with Gasteiger partial charge in [0.05, 0.1) is 0 Å². The summed E-state index contributed by atoms with van der Waals surface area (Å²) in [6, 6.07) is 0. The predicted octanol–water partition coefficient (Wildman–Crippen LogP) is 1.15. The SMILES string of the molecule is CSC(=NCC(=O)O)SC. The second-order valence-electron chi connectivity index (χ2n) is 1.38. The van der Waals surface area contributed by atoms with E-state index in [2.05, 4.69) is 4.99 Å². The zero-order chi connectivity index (χ0) is 7.98. The van der Waals surface area contributed by atoms with E-state index in [0.717, 1.165) is 4.38 Å². The fourth-order valence-corrected chi connectivity index (χ4v) is 1.40. The van der Waals surface area contributed by atoms with Crippen molar-refractivity contribution in [3.63, 3.8) is 0 Å². The average Bonchev–Trinajstić information content (AvgIpc) is 1.90. The molecule has 10 heavy (non-hydrogen) atoms. The first-order valence-corrected chi connectivity index (χ1v) is 5.00. The second kappa shape index (κ2) is 5.61. The maximum atomic E-state index is 10.0. The predicted molar refractivity (Wildman–Crippen MR) is 47.0 cm³/mol. The number of carboxylic acid groups (broad SMARTS) is 1. The minimum absolute atomic E-state index is 0.128. The molecule has 0 aliphatic carbocycles. The Balaban J connectivity index is 3.74. The number of aliphatic carboxylic acids is 1. The van der Waals surface area contributed by atoms with E-state index in [1.807, 2.05) is 12.5 Å². The highest BCUT2D eigenvalue weighted by atomic mass is 32.2. The van der Waals surface area contributed by atoms with Gasteiger partial charge in [0, 0.05) is 0 Å². The van der Waals surface area contributed by atoms with Crippen molar-refractivity contribution < 1.29 is 9.90 Å². The summed E-state index contributed by atoms with van der Waals surface area (Å²) < 4.78 is 0.808. The summed E-state index contributed by atoms with van der Waals surface area (Å²) in [5, 5.41) is 8.23. The fourth-order valence-electron chi connectivity index (χ4n) is 0.345. The Kier molecular flexibility index (Phi) is 5.52. The summed E-state index contributed by atoms with van der Waals surface area (Å²) in [7, 11) is 0. The molecule has 0 bridgehead atoms. The van der Waals surface area contributed by atoms with Crippen molar-refractivity contribution in [1.82, 2.24) is 0 Å². The first-order chi connectivity index (χ1) is 4.70. The number of carboxylic acids is 1. The van der Waals surface area contributed by atoms with Gasteiger partial charge < -0.3 is 5.11 Å². The molecule has 0 aliphatic heterocycles. The molecular weight excluding hydrogens is 170 g/mol. The molecule has 0 aromatic rings. The summed E-state index contributed by atoms with van der Waals surface area (Å²) >= 11 is 2.92. The Morgan fingerprint density at radius 1 is 1.50 bits per heavy atom. The Labute approximate surface area is 68.3 Å². The van der Waals surface area contributed by atoms with Crippen LogP contribution in [-0.4, -0.2) is 34.5 Å². The summed E-state index contributed by atoms with van der Waals surface area (Å²) in [4.78, 5) is 13.8. The molecule has 0 radical (unpaired) electrons. The smallest absolute Gasteiger partial charge is 0.325 e. The third kappa shape index (κ3) is 4.69. The first kappa shape index (κ1) is 9.84. The molecule has 0 heterocycles. The number of hydrogen-bond donors (Lipinski definition) is 1. The molecule has 5 heteroatoms. The summed E-state index contributed by atoms with van der Waals surface area (Å²) in [5.41, 5.74) is 0. The van der Waals surface area contributed by atoms with Crippen LogP contribution >= 0.6 is 23.5 Å². The number of thioether (sulfide) groups is 2. The zero-order valence-electron chi connectivity index (χ0n) is 5.83. The molecule has 3 nitrogen and oxygen atoms in total. The molecule has 0 atom stereocenters. The van der Waals surface area contributed by atoms with Gasteiger partial charge in [-0.05, 0) is 12.5 Å². The van der Waals surface area contributed by atoms with Crippen molar-refractivity contribution >= 4 is 33.9 Å². The van der Waals surface area contributed by atoms with Crippen LogP contribution in [-0.2, 0) is 4.79 Å². The van der Waals surface area contributed by atoms with Crippen LogP contribution in [0.25, 0.3) is 0 Å². The van der Waals surface area contributed by atoms with Gasteiger partial charge in [0.1, 0.15) is 10.9 Å². The van der Waals surface area contributed by atoms with E-state index in [1.54, 1.807) is 0 Å². The van der Waals surface area contributed by atoms with Crippen molar-refractivity contribution in [2.75, 3.05) is 19.1 Å². The lowest BCUT2D eigenvalue weighted by atomic mass is 10.7. The first-order valence-electron chi connectivity index (χ1n) is 2.55. The monoisotopic (exact) mass is 179 g/mol. The topological polar surface area (TPSA) is 49.7 Å². The van der Waals surface area contributed by atoms with Crippen LogP contribution in [0.5, 0.6) is 0 Å². The Morgan fingerprint density at radius 3 is 2.30 bits per heavy atom. The highest BCUT2D eigenvalue weighted by molar-refractivity contribution is 8.38. The molecule has 0 saturated heterocycles. The van der Waals surface area contributed by atoms with Crippen molar-refractivity contribution in [3.05, 3.63) is 0 Å². The Morgan fingerprint density at radius 2 is 2.00 bits per heavy atom. The maximum absolute atomic E-state index is 10.0. The van der Waals surface area contributed by atoms with Crippen molar-refractivity contribution in [2.45, 2.75) is 0 Å². The van der Waals surface area contributed by atoms with Crippen LogP contribution in [0.4, 0.5) is 0 Å². The zero-order valence-corrected chi connectivity index (χ0v) is 7.46. The standard InChI is InChI=1S/C5H9NO2S2/c1-9-5(10-2)6-3-4(7)8/h3H2,1-2H3,(H,7,8). The van der Waals surface area contributed by atoms with Gasteiger partial charge in [0.25, 0.3) is 0 Å². The van der Waals surface area contributed by atoms with Gasteiger partial charge in [0.15, 0.2) is 0 Å². The molecule has 0 aromatic carbocycles. The van der Waals surface area contributed by atoms with Gasteiger partial charge in [-0.2, -0.15) is 0 Å². The summed E-state index contributed by atoms with van der Waals surface area (Å²) in [6.07, 6.45) is 3.74. The van der Waals surface area contributed by atoms with Crippen LogP contribution in [0.3, 0.4) is 0 Å². The fraction of sp³-hybridized carbons (Fsp3) is 0.600. The largest absolute Gasteiger partial charge is 0.480 e. The van der Waals surface area contributed by atoms with Crippen LogP contribution in [0.15, 0.2) is 4.99 Å². The highest BCUT2D eigenvalue weighted by Gasteiger charge is 1.95. The second-order valence-corrected chi connectivity index (χ2v) is 3.23. The number of nitrogens with zero attached hydrogens (tertiary/aromatic N) is 1. The van der Waals surface area contributed by atoms with E-state index in [9.17, 15) is 4.79 Å². The highest BCUT2D eigenvalue weighted by Crippen LogP contribution is 2.09. The lowest BCUT2D eigenvalue weighted by molar-refractivity contribution is -0.135. The molecule has 58 valence electrons. The van der Waals surface area contributed by atoms with E-state index in [4.69, 9.17) is 5.11 Å². The minimum Gasteiger partial charge on any atom is -0.480 e. The Bertz CT molecular complexity index is 141. The summed E-state index contributed by atoms with van der Waals surface area (Å²) in [6.45, 7) is -0.128. The molecule has 0 unspecified atom stereocenters. The van der Waals surface area contributed by atoms with Crippen LogP contribution in [0.2, 0.25) is 0 Å². The van der Waals surface area contributed by atoms with Gasteiger partial charge in [0.2, 0.25) is 0 Å². The van der Waals surface area contributed by atoms with Gasteiger partial charge in [-0.1, -0.05) is 0 Å². The molecule has 0 fully saturated rings. The van der Waals surface area contributed by atoms with Crippen LogP contribution < -0.4 is 0 Å².